The molecule has 5 heterocycles. The molecule has 0 radical (unpaired) electrons. The number of rotatable bonds is 3. The number of hydrogen-bond donors (Lipinski definition) is 0. The average molecular weight is 534 g/mol. The fourth-order valence-electron chi connectivity index (χ4n) is 5.80. The zero-order valence-corrected chi connectivity index (χ0v) is 21.9. The van der Waals surface area contributed by atoms with Gasteiger partial charge in [0.05, 0.1) is 0 Å². The lowest BCUT2D eigenvalue weighted by Crippen LogP contribution is -2.09. The van der Waals surface area contributed by atoms with E-state index in [4.69, 9.17) is 8.83 Å². The number of benzene rings is 4. The largest absolute Gasteiger partial charge is 0.456 e. The van der Waals surface area contributed by atoms with Gasteiger partial charge in [-0.05, 0) is 54.6 Å². The van der Waals surface area contributed by atoms with Crippen LogP contribution in [-0.4, -0.2) is 9.97 Å². The van der Waals surface area contributed by atoms with E-state index in [9.17, 15) is 0 Å². The van der Waals surface area contributed by atoms with Crippen molar-refractivity contribution in [2.75, 3.05) is 4.90 Å². The predicted octanol–water partition coefficient (Wildman–Crippen LogP) is 10.1. The average Bonchev–Trinajstić information content (AvgIpc) is 3.67. The number of anilines is 3. The molecule has 0 atom stereocenters. The molecule has 9 aromatic rings. The topological polar surface area (TPSA) is 55.3 Å². The van der Waals surface area contributed by atoms with E-state index < -0.39 is 0 Å². The molecule has 9 rings (SSSR count). The standard InChI is InChI=1S/C34H19N3O2S/c1-2-4-33-25(3-1)26-10-7-22(17-34(26)40-33)37(20-5-8-23-27-18-35-13-11-29(27)38-31(23)15-20)21-6-9-24-28-19-36-14-12-30(28)39-32(24)16-21/h1-19H. The smallest absolute Gasteiger partial charge is 0.138 e. The molecule has 0 spiro atoms. The van der Waals surface area contributed by atoms with Crippen molar-refractivity contribution >= 4 is 92.4 Å². The summed E-state index contributed by atoms with van der Waals surface area (Å²) >= 11 is 1.82. The van der Waals surface area contributed by atoms with Gasteiger partial charge >= 0.3 is 0 Å². The number of aromatic nitrogens is 2. The van der Waals surface area contributed by atoms with Gasteiger partial charge in [0, 0.05) is 95.7 Å². The molecule has 0 N–H and O–H groups in total. The van der Waals surface area contributed by atoms with Crippen LogP contribution in [0.4, 0.5) is 17.1 Å². The number of thiophene rings is 1. The van der Waals surface area contributed by atoms with E-state index in [2.05, 4.69) is 93.7 Å². The van der Waals surface area contributed by atoms with Gasteiger partial charge in [0.1, 0.15) is 22.3 Å². The molecule has 40 heavy (non-hydrogen) atoms. The van der Waals surface area contributed by atoms with Crippen LogP contribution in [0.15, 0.2) is 125 Å². The first-order valence-corrected chi connectivity index (χ1v) is 13.9. The lowest BCUT2D eigenvalue weighted by atomic mass is 10.1. The Morgan fingerprint density at radius 1 is 0.475 bits per heavy atom. The highest BCUT2D eigenvalue weighted by atomic mass is 32.1. The van der Waals surface area contributed by atoms with Crippen molar-refractivity contribution in [3.63, 3.8) is 0 Å². The molecule has 0 aliphatic rings. The van der Waals surface area contributed by atoms with Crippen LogP contribution in [0.2, 0.25) is 0 Å². The van der Waals surface area contributed by atoms with Crippen molar-refractivity contribution in [2.45, 2.75) is 0 Å². The van der Waals surface area contributed by atoms with Crippen molar-refractivity contribution in [3.8, 4) is 0 Å². The maximum absolute atomic E-state index is 6.25. The Balaban J connectivity index is 1.29. The summed E-state index contributed by atoms with van der Waals surface area (Å²) in [6, 6.07) is 31.8. The van der Waals surface area contributed by atoms with Crippen LogP contribution < -0.4 is 4.90 Å². The Kier molecular flexibility index (Phi) is 4.42. The minimum absolute atomic E-state index is 0.823. The second kappa shape index (κ2) is 8.15. The van der Waals surface area contributed by atoms with Gasteiger partial charge < -0.3 is 13.7 Å². The van der Waals surface area contributed by atoms with E-state index in [0.29, 0.717) is 0 Å². The molecule has 0 unspecified atom stereocenters. The molecule has 0 aliphatic carbocycles. The molecule has 0 saturated heterocycles. The van der Waals surface area contributed by atoms with E-state index in [1.54, 1.807) is 12.4 Å². The van der Waals surface area contributed by atoms with Gasteiger partial charge in [-0.1, -0.05) is 24.3 Å². The van der Waals surface area contributed by atoms with Crippen LogP contribution in [0.5, 0.6) is 0 Å². The van der Waals surface area contributed by atoms with Crippen LogP contribution in [0.1, 0.15) is 0 Å². The summed E-state index contributed by atoms with van der Waals surface area (Å²) in [4.78, 5) is 10.9. The van der Waals surface area contributed by atoms with E-state index in [1.165, 1.54) is 20.2 Å². The molecule has 5 nitrogen and oxygen atoms in total. The normalized spacial score (nSPS) is 12.0. The number of fused-ring (bicyclic) bond motifs is 9. The highest BCUT2D eigenvalue weighted by molar-refractivity contribution is 7.25. The Hall–Kier alpha value is -5.20. The Morgan fingerprint density at radius 3 is 1.68 bits per heavy atom. The van der Waals surface area contributed by atoms with Gasteiger partial charge in [-0.25, -0.2) is 0 Å². The van der Waals surface area contributed by atoms with Crippen LogP contribution in [0.3, 0.4) is 0 Å². The summed E-state index contributed by atoms with van der Waals surface area (Å²) < 4.78 is 15.0. The first-order chi connectivity index (χ1) is 19.8. The minimum atomic E-state index is 0.823. The lowest BCUT2D eigenvalue weighted by molar-refractivity contribution is 0.668. The van der Waals surface area contributed by atoms with Crippen molar-refractivity contribution in [3.05, 3.63) is 116 Å². The number of furan rings is 2. The van der Waals surface area contributed by atoms with E-state index >= 15 is 0 Å². The maximum atomic E-state index is 6.25. The fraction of sp³-hybridized carbons (Fsp3) is 0. The lowest BCUT2D eigenvalue weighted by Gasteiger charge is -2.25. The Morgan fingerprint density at radius 2 is 1.02 bits per heavy atom. The molecular weight excluding hydrogens is 514 g/mol. The summed E-state index contributed by atoms with van der Waals surface area (Å²) in [5.41, 5.74) is 6.37. The zero-order chi connectivity index (χ0) is 26.2. The van der Waals surface area contributed by atoms with Gasteiger partial charge in [-0.15, -0.1) is 11.3 Å². The number of pyridine rings is 2. The molecular formula is C34H19N3O2S. The molecule has 0 aliphatic heterocycles. The van der Waals surface area contributed by atoms with E-state index in [1.807, 2.05) is 35.9 Å². The van der Waals surface area contributed by atoms with E-state index in [0.717, 1.165) is 60.9 Å². The fourth-order valence-corrected chi connectivity index (χ4v) is 6.94. The quantitative estimate of drug-likeness (QED) is 0.226. The first kappa shape index (κ1) is 21.7. The summed E-state index contributed by atoms with van der Waals surface area (Å²) in [6.45, 7) is 0. The third kappa shape index (κ3) is 3.14. The summed E-state index contributed by atoms with van der Waals surface area (Å²) in [5.74, 6) is 0. The van der Waals surface area contributed by atoms with Crippen LogP contribution in [0.25, 0.3) is 64.0 Å². The van der Waals surface area contributed by atoms with Gasteiger partial charge in [0.2, 0.25) is 0 Å². The number of hydrogen-bond acceptors (Lipinski definition) is 6. The van der Waals surface area contributed by atoms with Crippen molar-refractivity contribution in [2.24, 2.45) is 0 Å². The van der Waals surface area contributed by atoms with Crippen LogP contribution in [-0.2, 0) is 0 Å². The maximum Gasteiger partial charge on any atom is 0.138 e. The predicted molar refractivity (Wildman–Crippen MR) is 164 cm³/mol. The molecule has 5 aromatic heterocycles. The molecule has 0 saturated carbocycles. The van der Waals surface area contributed by atoms with Crippen LogP contribution in [0, 0.1) is 0 Å². The van der Waals surface area contributed by atoms with Crippen molar-refractivity contribution in [1.29, 1.82) is 0 Å². The molecule has 0 amide bonds. The molecule has 6 heteroatoms. The third-order valence-corrected chi connectivity index (χ3v) is 8.78. The Labute approximate surface area is 231 Å². The highest BCUT2D eigenvalue weighted by Gasteiger charge is 2.18. The van der Waals surface area contributed by atoms with Crippen LogP contribution >= 0.6 is 11.3 Å². The van der Waals surface area contributed by atoms with Gasteiger partial charge in [-0.3, -0.25) is 9.97 Å². The second-order valence-corrected chi connectivity index (χ2v) is 11.0. The third-order valence-electron chi connectivity index (χ3n) is 7.65. The molecule has 4 aromatic carbocycles. The second-order valence-electron chi connectivity index (χ2n) is 9.92. The van der Waals surface area contributed by atoms with Crippen molar-refractivity contribution < 1.29 is 8.83 Å². The molecule has 0 bridgehead atoms. The van der Waals surface area contributed by atoms with E-state index in [-0.39, 0.29) is 0 Å². The van der Waals surface area contributed by atoms with Gasteiger partial charge in [-0.2, -0.15) is 0 Å². The first-order valence-electron chi connectivity index (χ1n) is 13.0. The minimum Gasteiger partial charge on any atom is -0.456 e. The molecule has 0 fully saturated rings. The zero-order valence-electron chi connectivity index (χ0n) is 21.0. The summed E-state index contributed by atoms with van der Waals surface area (Å²) in [6.07, 6.45) is 7.24. The summed E-state index contributed by atoms with van der Waals surface area (Å²) in [7, 11) is 0. The highest BCUT2D eigenvalue weighted by Crippen LogP contribution is 2.43. The SMILES string of the molecule is c1ccc2c(c1)sc1cc(N(c3ccc4c(c3)oc3ccncc34)c3ccc4c(c3)oc3ccncc34)ccc12. The van der Waals surface area contributed by atoms with Crippen molar-refractivity contribution in [1.82, 2.24) is 9.97 Å². The molecule has 188 valence electrons. The Bertz CT molecular complexity index is 2150. The summed E-state index contributed by atoms with van der Waals surface area (Å²) in [5, 5.41) is 6.68. The number of nitrogens with zero attached hydrogens (tertiary/aromatic N) is 3. The van der Waals surface area contributed by atoms with Gasteiger partial charge in [0.25, 0.3) is 0 Å². The monoisotopic (exact) mass is 533 g/mol. The van der Waals surface area contributed by atoms with Gasteiger partial charge in [0.15, 0.2) is 0 Å².